The van der Waals surface area contributed by atoms with E-state index in [-0.39, 0.29) is 0 Å². The maximum atomic E-state index is 5.82. The average Bonchev–Trinajstić information content (AvgIpc) is 2.59. The van der Waals surface area contributed by atoms with E-state index in [2.05, 4.69) is 49.2 Å². The van der Waals surface area contributed by atoms with Crippen LogP contribution in [0.5, 0.6) is 5.75 Å². The number of rotatable bonds is 5. The number of fused-ring (bicyclic) bond motifs is 1. The summed E-state index contributed by atoms with van der Waals surface area (Å²) in [5.41, 5.74) is 1.30. The van der Waals surface area contributed by atoms with Crippen molar-refractivity contribution in [1.29, 1.82) is 0 Å². The van der Waals surface area contributed by atoms with Gasteiger partial charge in [0, 0.05) is 31.2 Å². The zero-order valence-corrected chi connectivity index (χ0v) is 12.4. The van der Waals surface area contributed by atoms with Gasteiger partial charge in [0.1, 0.15) is 12.4 Å². The molecule has 0 aliphatic carbocycles. The molecule has 1 aliphatic rings. The predicted molar refractivity (Wildman–Crippen MR) is 79.5 cm³/mol. The standard InChI is InChI=1S/C16H26N2O/c1-4-17-15(13(2)3)12-18-9-10-19-16-8-6-5-7-14(16)11-18/h5-8,13,15,17H,4,9-12H2,1-3H3. The molecule has 2 rings (SSSR count). The number of likely N-dealkylation sites (N-methyl/N-ethyl adjacent to an activating group) is 1. The third kappa shape index (κ3) is 3.95. The summed E-state index contributed by atoms with van der Waals surface area (Å²) in [5.74, 6) is 1.70. The molecule has 1 N–H and O–H groups in total. The molecule has 1 atom stereocenters. The lowest BCUT2D eigenvalue weighted by Gasteiger charge is -2.29. The topological polar surface area (TPSA) is 24.5 Å². The van der Waals surface area contributed by atoms with Crippen LogP contribution in [0.4, 0.5) is 0 Å². The molecular formula is C16H26N2O. The number of nitrogens with zero attached hydrogens (tertiary/aromatic N) is 1. The van der Waals surface area contributed by atoms with E-state index in [0.29, 0.717) is 12.0 Å². The molecule has 1 heterocycles. The van der Waals surface area contributed by atoms with Crippen molar-refractivity contribution >= 4 is 0 Å². The van der Waals surface area contributed by atoms with Gasteiger partial charge >= 0.3 is 0 Å². The second-order valence-corrected chi connectivity index (χ2v) is 5.60. The average molecular weight is 262 g/mol. The highest BCUT2D eigenvalue weighted by molar-refractivity contribution is 5.33. The zero-order valence-electron chi connectivity index (χ0n) is 12.4. The fourth-order valence-corrected chi connectivity index (χ4v) is 2.59. The molecule has 106 valence electrons. The van der Waals surface area contributed by atoms with Crippen LogP contribution in [-0.4, -0.2) is 37.2 Å². The summed E-state index contributed by atoms with van der Waals surface area (Å²) in [5, 5.41) is 3.59. The van der Waals surface area contributed by atoms with Gasteiger partial charge in [-0.15, -0.1) is 0 Å². The van der Waals surface area contributed by atoms with Crippen LogP contribution in [0.3, 0.4) is 0 Å². The third-order valence-electron chi connectivity index (χ3n) is 3.76. The van der Waals surface area contributed by atoms with Crippen molar-refractivity contribution in [2.75, 3.05) is 26.2 Å². The number of nitrogens with one attached hydrogen (secondary N) is 1. The third-order valence-corrected chi connectivity index (χ3v) is 3.76. The van der Waals surface area contributed by atoms with Crippen molar-refractivity contribution in [3.63, 3.8) is 0 Å². The molecule has 3 nitrogen and oxygen atoms in total. The summed E-state index contributed by atoms with van der Waals surface area (Å²) in [6.45, 7) is 11.6. The molecule has 0 fully saturated rings. The Morgan fingerprint density at radius 1 is 1.32 bits per heavy atom. The van der Waals surface area contributed by atoms with E-state index in [9.17, 15) is 0 Å². The first-order chi connectivity index (χ1) is 9.20. The first-order valence-electron chi connectivity index (χ1n) is 7.37. The second-order valence-electron chi connectivity index (χ2n) is 5.60. The van der Waals surface area contributed by atoms with Crippen LogP contribution in [0.1, 0.15) is 26.3 Å². The fraction of sp³-hybridized carbons (Fsp3) is 0.625. The van der Waals surface area contributed by atoms with Gasteiger partial charge in [0.2, 0.25) is 0 Å². The quantitative estimate of drug-likeness (QED) is 0.882. The summed E-state index contributed by atoms with van der Waals surface area (Å²) in [6.07, 6.45) is 0. The normalized spacial score (nSPS) is 17.7. The minimum Gasteiger partial charge on any atom is -0.492 e. The SMILES string of the molecule is CCNC(CN1CCOc2ccccc2C1)C(C)C. The van der Waals surface area contributed by atoms with Gasteiger partial charge in [-0.1, -0.05) is 39.0 Å². The highest BCUT2D eigenvalue weighted by atomic mass is 16.5. The first kappa shape index (κ1) is 14.4. The molecule has 0 spiro atoms. The van der Waals surface area contributed by atoms with Crippen LogP contribution in [0, 0.1) is 5.92 Å². The molecule has 1 aromatic carbocycles. The molecule has 0 saturated carbocycles. The number of para-hydroxylation sites is 1. The van der Waals surface area contributed by atoms with E-state index >= 15 is 0 Å². The smallest absolute Gasteiger partial charge is 0.123 e. The first-order valence-corrected chi connectivity index (χ1v) is 7.37. The van der Waals surface area contributed by atoms with E-state index in [1.807, 2.05) is 6.07 Å². The maximum Gasteiger partial charge on any atom is 0.123 e. The highest BCUT2D eigenvalue weighted by Gasteiger charge is 2.20. The van der Waals surface area contributed by atoms with Crippen LogP contribution in [0.15, 0.2) is 24.3 Å². The Bertz CT molecular complexity index is 392. The predicted octanol–water partition coefficient (Wildman–Crippen LogP) is 2.52. The molecule has 0 bridgehead atoms. The Morgan fingerprint density at radius 3 is 2.84 bits per heavy atom. The molecule has 1 aromatic rings. The summed E-state index contributed by atoms with van der Waals surface area (Å²) in [6, 6.07) is 8.93. The minimum absolute atomic E-state index is 0.551. The van der Waals surface area contributed by atoms with Crippen LogP contribution in [-0.2, 0) is 6.54 Å². The largest absolute Gasteiger partial charge is 0.492 e. The van der Waals surface area contributed by atoms with Crippen LogP contribution < -0.4 is 10.1 Å². The van der Waals surface area contributed by atoms with Gasteiger partial charge in [-0.05, 0) is 18.5 Å². The van der Waals surface area contributed by atoms with E-state index in [4.69, 9.17) is 4.74 Å². The van der Waals surface area contributed by atoms with Gasteiger partial charge in [0.15, 0.2) is 0 Å². The van der Waals surface area contributed by atoms with E-state index < -0.39 is 0 Å². The van der Waals surface area contributed by atoms with Crippen molar-refractivity contribution in [2.24, 2.45) is 5.92 Å². The van der Waals surface area contributed by atoms with E-state index in [1.165, 1.54) is 5.56 Å². The highest BCUT2D eigenvalue weighted by Crippen LogP contribution is 2.22. The monoisotopic (exact) mass is 262 g/mol. The number of benzene rings is 1. The van der Waals surface area contributed by atoms with Gasteiger partial charge < -0.3 is 10.1 Å². The van der Waals surface area contributed by atoms with Crippen molar-refractivity contribution in [2.45, 2.75) is 33.4 Å². The van der Waals surface area contributed by atoms with Crippen molar-refractivity contribution in [3.8, 4) is 5.75 Å². The molecule has 0 radical (unpaired) electrons. The van der Waals surface area contributed by atoms with Crippen molar-refractivity contribution in [3.05, 3.63) is 29.8 Å². The molecule has 3 heteroatoms. The molecule has 1 aliphatic heterocycles. The summed E-state index contributed by atoms with van der Waals surface area (Å²) >= 11 is 0. The van der Waals surface area contributed by atoms with E-state index in [0.717, 1.165) is 38.5 Å². The zero-order chi connectivity index (χ0) is 13.7. The Morgan fingerprint density at radius 2 is 2.11 bits per heavy atom. The van der Waals surface area contributed by atoms with Gasteiger partial charge in [-0.3, -0.25) is 4.90 Å². The number of ether oxygens (including phenoxy) is 1. The van der Waals surface area contributed by atoms with Crippen molar-refractivity contribution in [1.82, 2.24) is 10.2 Å². The van der Waals surface area contributed by atoms with Crippen LogP contribution >= 0.6 is 0 Å². The fourth-order valence-electron chi connectivity index (χ4n) is 2.59. The summed E-state index contributed by atoms with van der Waals surface area (Å²) < 4.78 is 5.82. The lowest BCUT2D eigenvalue weighted by molar-refractivity contribution is 0.191. The Hall–Kier alpha value is -1.06. The van der Waals surface area contributed by atoms with Gasteiger partial charge in [0.05, 0.1) is 0 Å². The number of hydrogen-bond acceptors (Lipinski definition) is 3. The van der Waals surface area contributed by atoms with Gasteiger partial charge in [-0.25, -0.2) is 0 Å². The second kappa shape index (κ2) is 6.92. The summed E-state index contributed by atoms with van der Waals surface area (Å²) in [7, 11) is 0. The minimum atomic E-state index is 0.551. The molecule has 0 saturated heterocycles. The van der Waals surface area contributed by atoms with E-state index in [1.54, 1.807) is 0 Å². The Labute approximate surface area is 116 Å². The van der Waals surface area contributed by atoms with Crippen LogP contribution in [0.2, 0.25) is 0 Å². The van der Waals surface area contributed by atoms with Gasteiger partial charge in [0.25, 0.3) is 0 Å². The Balaban J connectivity index is 2.01. The molecule has 1 unspecified atom stereocenters. The molecule has 19 heavy (non-hydrogen) atoms. The molecular weight excluding hydrogens is 236 g/mol. The lowest BCUT2D eigenvalue weighted by atomic mass is 10.0. The number of hydrogen-bond donors (Lipinski definition) is 1. The molecule has 0 amide bonds. The Kier molecular flexibility index (Phi) is 5.23. The lowest BCUT2D eigenvalue weighted by Crippen LogP contribution is -2.44. The summed E-state index contributed by atoms with van der Waals surface area (Å²) in [4.78, 5) is 2.50. The van der Waals surface area contributed by atoms with Gasteiger partial charge in [-0.2, -0.15) is 0 Å². The van der Waals surface area contributed by atoms with Crippen molar-refractivity contribution < 1.29 is 4.74 Å². The van der Waals surface area contributed by atoms with Crippen LogP contribution in [0.25, 0.3) is 0 Å². The maximum absolute atomic E-state index is 5.82. The molecule has 0 aromatic heterocycles.